The first-order valence-corrected chi connectivity index (χ1v) is 17.9. The third kappa shape index (κ3) is 6.59. The minimum absolute atomic E-state index is 0.00474. The van der Waals surface area contributed by atoms with Crippen molar-refractivity contribution in [3.63, 3.8) is 0 Å². The molecule has 0 radical (unpaired) electrons. The predicted octanol–water partition coefficient (Wildman–Crippen LogP) is 8.03. The van der Waals surface area contributed by atoms with E-state index < -0.39 is 58.5 Å². The van der Waals surface area contributed by atoms with Crippen LogP contribution >= 0.6 is 23.2 Å². The molecule has 3 fully saturated rings. The topological polar surface area (TPSA) is 112 Å². The second-order valence-electron chi connectivity index (χ2n) is 14.9. The third-order valence-corrected chi connectivity index (χ3v) is 11.0. The highest BCUT2D eigenvalue weighted by Gasteiger charge is 2.68. The summed E-state index contributed by atoms with van der Waals surface area (Å²) in [5, 5.41) is 21.4. The van der Waals surface area contributed by atoms with Crippen LogP contribution in [-0.4, -0.2) is 67.2 Å². The van der Waals surface area contributed by atoms with E-state index in [1.54, 1.807) is 25.1 Å². The second kappa shape index (κ2) is 14.5. The summed E-state index contributed by atoms with van der Waals surface area (Å²) in [7, 11) is 1.43. The van der Waals surface area contributed by atoms with Crippen molar-refractivity contribution in [3.8, 4) is 11.8 Å². The van der Waals surface area contributed by atoms with E-state index in [1.807, 2.05) is 25.7 Å². The van der Waals surface area contributed by atoms with Gasteiger partial charge in [0.15, 0.2) is 0 Å². The van der Waals surface area contributed by atoms with Crippen LogP contribution in [0.4, 0.5) is 14.5 Å². The van der Waals surface area contributed by atoms with Crippen molar-refractivity contribution < 1.29 is 37.7 Å². The number of fused-ring (bicyclic) bond motifs is 1. The first kappa shape index (κ1) is 37.8. The van der Waals surface area contributed by atoms with Crippen molar-refractivity contribution in [1.29, 1.82) is 5.26 Å². The van der Waals surface area contributed by atoms with Gasteiger partial charge in [0.1, 0.15) is 29.5 Å². The molecule has 7 unspecified atom stereocenters. The van der Waals surface area contributed by atoms with Gasteiger partial charge in [0.25, 0.3) is 0 Å². The van der Waals surface area contributed by atoms with Crippen LogP contribution in [0.3, 0.4) is 0 Å². The molecule has 0 spiro atoms. The molecule has 2 saturated heterocycles. The van der Waals surface area contributed by atoms with Crippen LogP contribution in [0.25, 0.3) is 0 Å². The molecule has 3 aliphatic rings. The van der Waals surface area contributed by atoms with Crippen molar-refractivity contribution in [1.82, 2.24) is 4.90 Å². The van der Waals surface area contributed by atoms with Crippen molar-refractivity contribution in [2.75, 3.05) is 32.0 Å². The molecule has 0 aromatic heterocycles. The summed E-state index contributed by atoms with van der Waals surface area (Å²) >= 11 is 12.7. The number of aromatic carboxylic acids is 1. The van der Waals surface area contributed by atoms with Gasteiger partial charge < -0.3 is 24.2 Å². The average molecular weight is 757 g/mol. The lowest BCUT2D eigenvalue weighted by atomic mass is 9.62. The van der Waals surface area contributed by atoms with Crippen molar-refractivity contribution in [2.24, 2.45) is 17.3 Å². The Morgan fingerprint density at radius 3 is 2.52 bits per heavy atom. The number of methoxy groups -OCH3 is 1. The Morgan fingerprint density at radius 2 is 1.88 bits per heavy atom. The summed E-state index contributed by atoms with van der Waals surface area (Å²) in [5.41, 5.74) is -1.50. The molecule has 3 aromatic rings. The molecule has 1 aliphatic carbocycles. The number of carbonyl (C=O) groups excluding carboxylic acids is 1. The molecule has 2 heterocycles. The lowest BCUT2D eigenvalue weighted by molar-refractivity contribution is -0.145. The number of hydrogen-bond donors (Lipinski definition) is 1. The minimum Gasteiger partial charge on any atom is -0.495 e. The highest BCUT2D eigenvalue weighted by atomic mass is 35.5. The van der Waals surface area contributed by atoms with Crippen molar-refractivity contribution in [2.45, 2.75) is 70.1 Å². The number of carbonyl (C=O) groups is 2. The zero-order chi connectivity index (χ0) is 37.7. The van der Waals surface area contributed by atoms with Gasteiger partial charge in [0, 0.05) is 34.5 Å². The lowest BCUT2D eigenvalue weighted by Gasteiger charge is -2.45. The Morgan fingerprint density at radius 1 is 1.13 bits per heavy atom. The number of hydrogen-bond acceptors (Lipinski definition) is 8. The summed E-state index contributed by atoms with van der Waals surface area (Å²) in [6.45, 7) is 7.95. The van der Waals surface area contributed by atoms with E-state index in [9.17, 15) is 20.0 Å². The highest BCUT2D eigenvalue weighted by molar-refractivity contribution is 6.31. The van der Waals surface area contributed by atoms with Crippen LogP contribution in [0.1, 0.15) is 67.9 Å². The highest BCUT2D eigenvalue weighted by Crippen LogP contribution is 2.60. The van der Waals surface area contributed by atoms with Gasteiger partial charge in [-0.25, -0.2) is 13.6 Å². The van der Waals surface area contributed by atoms with Crippen LogP contribution in [0, 0.1) is 40.2 Å². The number of nitrogens with zero attached hydrogens (tertiary/aromatic N) is 3. The number of anilines is 1. The van der Waals surface area contributed by atoms with E-state index in [1.165, 1.54) is 37.4 Å². The molecule has 9 nitrogen and oxygen atoms in total. The van der Waals surface area contributed by atoms with Crippen LogP contribution in [0.5, 0.6) is 5.75 Å². The molecule has 276 valence electrons. The average Bonchev–Trinajstić information content (AvgIpc) is 3.87. The predicted molar refractivity (Wildman–Crippen MR) is 192 cm³/mol. The Bertz CT molecular complexity index is 1920. The quantitative estimate of drug-likeness (QED) is 0.217. The van der Waals surface area contributed by atoms with Gasteiger partial charge >= 0.3 is 11.9 Å². The van der Waals surface area contributed by atoms with Gasteiger partial charge in [-0.3, -0.25) is 9.69 Å². The van der Waals surface area contributed by atoms with E-state index in [0.29, 0.717) is 18.5 Å². The summed E-state index contributed by atoms with van der Waals surface area (Å²) in [4.78, 5) is 29.3. The Hall–Kier alpha value is -3.95. The first-order chi connectivity index (χ1) is 24.7. The molecule has 0 bridgehead atoms. The molecule has 3 aromatic carbocycles. The fourth-order valence-electron chi connectivity index (χ4n) is 8.43. The largest absolute Gasteiger partial charge is 0.495 e. The number of carboxylic acid groups (broad SMARTS) is 1. The van der Waals surface area contributed by atoms with E-state index >= 15 is 8.78 Å². The molecule has 2 aliphatic heterocycles. The molecular formula is C39H41Cl2F2N3O6. The van der Waals surface area contributed by atoms with Crippen LogP contribution in [0.15, 0.2) is 54.6 Å². The maximum absolute atomic E-state index is 16.5. The molecule has 6 rings (SSSR count). The molecule has 13 heteroatoms. The lowest BCUT2D eigenvalue weighted by Crippen LogP contribution is -2.57. The summed E-state index contributed by atoms with van der Waals surface area (Å²) in [6.07, 6.45) is 0.0780. The Kier molecular flexibility index (Phi) is 10.5. The standard InChI is InChI=1S/C39H41Cl2F2N3O6/c1-6-52-37(49)25-16-24(25)35-45(29-13-10-21(36(47)48)14-31(29)50-5)20-51-18-30-33(23-8-7-9-27(41)34(23)43)39(19-44,26-12-11-22(40)15-28(26)42)32(46(30)35)17-38(2,3)4/h7-15,24-25,30,32-33,35H,6,16-18,20H2,1-5H3,(H,47,48). The molecule has 1 saturated carbocycles. The Labute approximate surface area is 311 Å². The van der Waals surface area contributed by atoms with Gasteiger partial charge in [-0.15, -0.1) is 0 Å². The fourth-order valence-corrected chi connectivity index (χ4v) is 8.77. The van der Waals surface area contributed by atoms with Crippen molar-refractivity contribution >= 4 is 40.8 Å². The van der Waals surface area contributed by atoms with Gasteiger partial charge in [0.2, 0.25) is 0 Å². The zero-order valence-electron chi connectivity index (χ0n) is 29.5. The van der Waals surface area contributed by atoms with Crippen LogP contribution in [0.2, 0.25) is 10.0 Å². The number of ether oxygens (including phenoxy) is 3. The number of nitriles is 1. The number of rotatable bonds is 9. The number of carboxylic acids is 1. The van der Waals surface area contributed by atoms with Crippen LogP contribution in [-0.2, 0) is 19.7 Å². The summed E-state index contributed by atoms with van der Waals surface area (Å²) in [6, 6.07) is 14.3. The van der Waals surface area contributed by atoms with Gasteiger partial charge in [-0.2, -0.15) is 5.26 Å². The number of halogens is 4. The maximum Gasteiger partial charge on any atom is 0.335 e. The van der Waals surface area contributed by atoms with E-state index in [-0.39, 0.29) is 64.3 Å². The zero-order valence-corrected chi connectivity index (χ0v) is 31.0. The SMILES string of the molecule is CCOC(=O)C1CC1C1N(c2ccc(C(=O)O)cc2OC)COCC2C(c3cccc(Cl)c3F)C(C#N)(c3ccc(Cl)cc3F)C(CC(C)(C)C)N21. The molecule has 52 heavy (non-hydrogen) atoms. The van der Waals surface area contributed by atoms with Crippen molar-refractivity contribution in [3.05, 3.63) is 93.0 Å². The fraction of sp³-hybridized carbons (Fsp3) is 0.462. The van der Waals surface area contributed by atoms with Crippen LogP contribution < -0.4 is 9.64 Å². The van der Waals surface area contributed by atoms with E-state index in [2.05, 4.69) is 11.0 Å². The monoisotopic (exact) mass is 755 g/mol. The Balaban J connectivity index is 1.67. The summed E-state index contributed by atoms with van der Waals surface area (Å²) < 4.78 is 50.6. The van der Waals surface area contributed by atoms with E-state index in [4.69, 9.17) is 37.4 Å². The minimum atomic E-state index is -1.73. The van der Waals surface area contributed by atoms with Gasteiger partial charge in [-0.1, -0.05) is 62.2 Å². The summed E-state index contributed by atoms with van der Waals surface area (Å²) in [5.74, 6) is -4.61. The molecule has 0 amide bonds. The number of esters is 1. The maximum atomic E-state index is 16.5. The molecular weight excluding hydrogens is 715 g/mol. The third-order valence-electron chi connectivity index (χ3n) is 10.5. The second-order valence-corrected chi connectivity index (χ2v) is 15.7. The molecule has 1 N–H and O–H groups in total. The number of benzene rings is 3. The first-order valence-electron chi connectivity index (χ1n) is 17.2. The smallest absolute Gasteiger partial charge is 0.335 e. The van der Waals surface area contributed by atoms with Gasteiger partial charge in [-0.05, 0) is 67.1 Å². The van der Waals surface area contributed by atoms with E-state index in [0.717, 1.165) is 6.07 Å². The normalized spacial score (nSPS) is 27.3. The van der Waals surface area contributed by atoms with Gasteiger partial charge in [0.05, 0.1) is 54.7 Å². The molecule has 7 atom stereocenters.